The van der Waals surface area contributed by atoms with Crippen molar-refractivity contribution in [2.75, 3.05) is 39.0 Å². The van der Waals surface area contributed by atoms with Crippen molar-refractivity contribution >= 4 is 15.7 Å². The first-order valence-corrected chi connectivity index (χ1v) is 11.8. The third-order valence-corrected chi connectivity index (χ3v) is 7.20. The average Bonchev–Trinajstić information content (AvgIpc) is 3.02. The Morgan fingerprint density at radius 1 is 1.29 bits per heavy atom. The van der Waals surface area contributed by atoms with Gasteiger partial charge in [-0.05, 0) is 50.6 Å². The van der Waals surface area contributed by atoms with E-state index < -0.39 is 9.84 Å². The van der Waals surface area contributed by atoms with Crippen molar-refractivity contribution in [2.24, 2.45) is 5.92 Å². The Balaban J connectivity index is 1.85. The maximum Gasteiger partial charge on any atom is 0.219 e. The molecule has 1 heterocycles. The van der Waals surface area contributed by atoms with E-state index in [1.165, 1.54) is 24.7 Å². The zero-order chi connectivity index (χ0) is 20.7. The van der Waals surface area contributed by atoms with Crippen LogP contribution < -0.4 is 4.74 Å². The highest BCUT2D eigenvalue weighted by Crippen LogP contribution is 2.25. The Morgan fingerprint density at radius 2 is 1.96 bits per heavy atom. The van der Waals surface area contributed by atoms with Gasteiger partial charge in [0.25, 0.3) is 0 Å². The predicted molar refractivity (Wildman–Crippen MR) is 111 cm³/mol. The molecule has 0 saturated carbocycles. The highest BCUT2D eigenvalue weighted by atomic mass is 32.2. The summed E-state index contributed by atoms with van der Waals surface area (Å²) in [6.07, 6.45) is 3.58. The Morgan fingerprint density at radius 3 is 2.57 bits per heavy atom. The molecular formula is C21H34N2O4S. The van der Waals surface area contributed by atoms with E-state index in [0.717, 1.165) is 19.5 Å². The van der Waals surface area contributed by atoms with Gasteiger partial charge in [0.1, 0.15) is 5.75 Å². The summed E-state index contributed by atoms with van der Waals surface area (Å²) in [5, 5.41) is 0. The molecule has 2 atom stereocenters. The molecule has 0 N–H and O–H groups in total. The van der Waals surface area contributed by atoms with Crippen LogP contribution in [0.5, 0.6) is 5.75 Å². The fourth-order valence-electron chi connectivity index (χ4n) is 3.50. The lowest BCUT2D eigenvalue weighted by Gasteiger charge is -2.20. The molecule has 158 valence electrons. The molecule has 0 aliphatic carbocycles. The predicted octanol–water partition coefficient (Wildman–Crippen LogP) is 2.83. The second-order valence-electron chi connectivity index (χ2n) is 7.84. The number of sulfone groups is 1. The van der Waals surface area contributed by atoms with Crippen LogP contribution in [0, 0.1) is 5.92 Å². The lowest BCUT2D eigenvalue weighted by Crippen LogP contribution is -2.29. The maximum absolute atomic E-state index is 12.4. The van der Waals surface area contributed by atoms with Gasteiger partial charge in [0.2, 0.25) is 5.91 Å². The molecule has 0 bridgehead atoms. The minimum atomic E-state index is -3.42. The second kappa shape index (κ2) is 10.3. The molecule has 0 radical (unpaired) electrons. The zero-order valence-electron chi connectivity index (χ0n) is 17.6. The molecule has 0 spiro atoms. The Kier molecular flexibility index (Phi) is 8.31. The van der Waals surface area contributed by atoms with E-state index in [4.69, 9.17) is 4.74 Å². The number of unbranched alkanes of at least 4 members (excludes halogenated alkanes) is 1. The standard InChI is InChI=1S/C21H34N2O4S/c1-5-6-11-23-15-19(14-17(23)2)16-27-20-7-9-21(10-8-20)28(25,26)13-12-22(4)18(3)24/h7-10,17,19H,5-6,11-16H2,1-4H3. The zero-order valence-corrected chi connectivity index (χ0v) is 18.4. The van der Waals surface area contributed by atoms with E-state index in [1.807, 2.05) is 0 Å². The number of amides is 1. The van der Waals surface area contributed by atoms with Crippen LogP contribution in [0.25, 0.3) is 0 Å². The molecule has 7 heteroatoms. The molecule has 2 unspecified atom stereocenters. The molecule has 1 aromatic rings. The van der Waals surface area contributed by atoms with Gasteiger partial charge in [-0.25, -0.2) is 8.42 Å². The normalized spacial score (nSPS) is 20.3. The van der Waals surface area contributed by atoms with Crippen LogP contribution in [0.15, 0.2) is 29.2 Å². The van der Waals surface area contributed by atoms with E-state index in [-0.39, 0.29) is 23.1 Å². The van der Waals surface area contributed by atoms with Crippen LogP contribution in [-0.4, -0.2) is 69.2 Å². The minimum Gasteiger partial charge on any atom is -0.493 e. The fourth-order valence-corrected chi connectivity index (χ4v) is 4.80. The lowest BCUT2D eigenvalue weighted by molar-refractivity contribution is -0.127. The van der Waals surface area contributed by atoms with Crippen molar-refractivity contribution in [1.82, 2.24) is 9.80 Å². The lowest BCUT2D eigenvalue weighted by atomic mass is 10.1. The highest BCUT2D eigenvalue weighted by Gasteiger charge is 2.28. The van der Waals surface area contributed by atoms with Crippen molar-refractivity contribution < 1.29 is 17.9 Å². The maximum atomic E-state index is 12.4. The Labute approximate surface area is 169 Å². The van der Waals surface area contributed by atoms with Crippen molar-refractivity contribution in [3.05, 3.63) is 24.3 Å². The summed E-state index contributed by atoms with van der Waals surface area (Å²) in [5.41, 5.74) is 0. The molecule has 1 aliphatic rings. The van der Waals surface area contributed by atoms with Crippen LogP contribution in [0.4, 0.5) is 0 Å². The summed E-state index contributed by atoms with van der Waals surface area (Å²) in [6, 6.07) is 7.21. The van der Waals surface area contributed by atoms with Gasteiger partial charge in [0.15, 0.2) is 9.84 Å². The molecule has 1 fully saturated rings. The minimum absolute atomic E-state index is 0.0865. The van der Waals surface area contributed by atoms with E-state index in [0.29, 0.717) is 24.3 Å². The van der Waals surface area contributed by atoms with Crippen molar-refractivity contribution in [3.63, 3.8) is 0 Å². The van der Waals surface area contributed by atoms with Crippen LogP contribution in [0.1, 0.15) is 40.0 Å². The molecule has 1 amide bonds. The molecular weight excluding hydrogens is 376 g/mol. The highest BCUT2D eigenvalue weighted by molar-refractivity contribution is 7.91. The first kappa shape index (κ1) is 22.7. The number of benzene rings is 1. The van der Waals surface area contributed by atoms with Gasteiger partial charge < -0.3 is 14.5 Å². The molecule has 0 aromatic heterocycles. The summed E-state index contributed by atoms with van der Waals surface area (Å²) < 4.78 is 30.7. The van der Waals surface area contributed by atoms with E-state index in [2.05, 4.69) is 18.7 Å². The van der Waals surface area contributed by atoms with Crippen molar-refractivity contribution in [2.45, 2.75) is 51.0 Å². The molecule has 6 nitrogen and oxygen atoms in total. The molecule has 1 saturated heterocycles. The Hall–Kier alpha value is -1.60. The Bertz CT molecular complexity index is 733. The fraction of sp³-hybridized carbons (Fsp3) is 0.667. The van der Waals surface area contributed by atoms with Gasteiger partial charge >= 0.3 is 0 Å². The molecule has 1 aromatic carbocycles. The summed E-state index contributed by atoms with van der Waals surface area (Å²) >= 11 is 0. The third-order valence-electron chi connectivity index (χ3n) is 5.49. The first-order valence-electron chi connectivity index (χ1n) is 10.1. The van der Waals surface area contributed by atoms with Crippen molar-refractivity contribution in [3.8, 4) is 5.75 Å². The summed E-state index contributed by atoms with van der Waals surface area (Å²) in [7, 11) is -1.82. The summed E-state index contributed by atoms with van der Waals surface area (Å²) in [5.74, 6) is 0.974. The number of rotatable bonds is 10. The summed E-state index contributed by atoms with van der Waals surface area (Å²) in [4.78, 5) is 15.4. The van der Waals surface area contributed by atoms with E-state index in [1.54, 1.807) is 31.3 Å². The number of hydrogen-bond donors (Lipinski definition) is 0. The van der Waals surface area contributed by atoms with Crippen LogP contribution in [0.3, 0.4) is 0 Å². The monoisotopic (exact) mass is 410 g/mol. The van der Waals surface area contributed by atoms with Crippen LogP contribution in [-0.2, 0) is 14.6 Å². The second-order valence-corrected chi connectivity index (χ2v) is 9.95. The van der Waals surface area contributed by atoms with E-state index >= 15 is 0 Å². The quantitative estimate of drug-likeness (QED) is 0.593. The van der Waals surface area contributed by atoms with Gasteiger partial charge in [0, 0.05) is 39.0 Å². The van der Waals surface area contributed by atoms with Gasteiger partial charge in [0.05, 0.1) is 17.3 Å². The number of likely N-dealkylation sites (tertiary alicyclic amines) is 1. The topological polar surface area (TPSA) is 66.9 Å². The van der Waals surface area contributed by atoms with Crippen LogP contribution >= 0.6 is 0 Å². The number of carbonyl (C=O) groups is 1. The van der Waals surface area contributed by atoms with Crippen LogP contribution in [0.2, 0.25) is 0 Å². The number of ether oxygens (including phenoxy) is 1. The van der Waals surface area contributed by atoms with Crippen molar-refractivity contribution in [1.29, 1.82) is 0 Å². The van der Waals surface area contributed by atoms with E-state index in [9.17, 15) is 13.2 Å². The molecule has 1 aliphatic heterocycles. The molecule has 2 rings (SSSR count). The number of nitrogens with zero attached hydrogens (tertiary/aromatic N) is 2. The van der Waals surface area contributed by atoms with Gasteiger partial charge in [-0.15, -0.1) is 0 Å². The van der Waals surface area contributed by atoms with Gasteiger partial charge in [-0.2, -0.15) is 0 Å². The third kappa shape index (κ3) is 6.48. The number of hydrogen-bond acceptors (Lipinski definition) is 5. The number of carbonyl (C=O) groups excluding carboxylic acids is 1. The largest absolute Gasteiger partial charge is 0.493 e. The smallest absolute Gasteiger partial charge is 0.219 e. The SMILES string of the molecule is CCCCN1CC(COc2ccc(S(=O)(=O)CCN(C)C(C)=O)cc2)CC1C. The van der Waals surface area contributed by atoms with Gasteiger partial charge in [-0.1, -0.05) is 13.3 Å². The average molecular weight is 411 g/mol. The first-order chi connectivity index (χ1) is 13.2. The van der Waals surface area contributed by atoms with Gasteiger partial charge in [-0.3, -0.25) is 4.79 Å². The molecule has 28 heavy (non-hydrogen) atoms. The summed E-state index contributed by atoms with van der Waals surface area (Å²) in [6.45, 7) is 8.97.